The number of pyridine rings is 2. The van der Waals surface area contributed by atoms with Crippen LogP contribution in [0.1, 0.15) is 41.7 Å². The van der Waals surface area contributed by atoms with E-state index in [1.165, 1.54) is 0 Å². The summed E-state index contributed by atoms with van der Waals surface area (Å²) in [5.41, 5.74) is 1.74. The van der Waals surface area contributed by atoms with Crippen molar-refractivity contribution >= 4 is 5.91 Å². The lowest BCUT2D eigenvalue weighted by atomic mass is 10.1. The van der Waals surface area contributed by atoms with Crippen LogP contribution in [0.3, 0.4) is 0 Å². The molecule has 1 fully saturated rings. The van der Waals surface area contributed by atoms with Crippen LogP contribution in [-0.2, 0) is 0 Å². The number of nitrogens with zero attached hydrogens (tertiary/aromatic N) is 3. The van der Waals surface area contributed by atoms with Crippen LogP contribution in [-0.4, -0.2) is 33.9 Å². The van der Waals surface area contributed by atoms with Gasteiger partial charge in [-0.05, 0) is 43.5 Å². The van der Waals surface area contributed by atoms with Crippen LogP contribution in [0.25, 0.3) is 0 Å². The lowest BCUT2D eigenvalue weighted by Crippen LogP contribution is -2.30. The lowest BCUT2D eigenvalue weighted by Gasteiger charge is -2.25. The van der Waals surface area contributed by atoms with Crippen molar-refractivity contribution in [3.8, 4) is 5.88 Å². The highest BCUT2D eigenvalue weighted by atomic mass is 16.5. The van der Waals surface area contributed by atoms with Crippen molar-refractivity contribution in [2.45, 2.75) is 25.8 Å². The Hall–Kier alpha value is -2.43. The third kappa shape index (κ3) is 2.93. The Morgan fingerprint density at radius 2 is 2.14 bits per heavy atom. The Kier molecular flexibility index (Phi) is 4.32. The fraction of sp³-hybridized carbons (Fsp3) is 0.353. The quantitative estimate of drug-likeness (QED) is 0.870. The smallest absolute Gasteiger partial charge is 0.255 e. The maximum atomic E-state index is 12.7. The fourth-order valence-electron chi connectivity index (χ4n) is 2.85. The highest BCUT2D eigenvalue weighted by Gasteiger charge is 2.30. The van der Waals surface area contributed by atoms with Crippen molar-refractivity contribution in [3.05, 3.63) is 54.0 Å². The van der Waals surface area contributed by atoms with Gasteiger partial charge in [-0.1, -0.05) is 0 Å². The molecule has 22 heavy (non-hydrogen) atoms. The highest BCUT2D eigenvalue weighted by molar-refractivity contribution is 5.94. The zero-order valence-electron chi connectivity index (χ0n) is 12.6. The molecule has 1 saturated heterocycles. The minimum Gasteiger partial charge on any atom is -0.478 e. The molecule has 0 spiro atoms. The van der Waals surface area contributed by atoms with E-state index in [1.54, 1.807) is 30.7 Å². The monoisotopic (exact) mass is 297 g/mol. The van der Waals surface area contributed by atoms with Gasteiger partial charge in [0.15, 0.2) is 0 Å². The highest BCUT2D eigenvalue weighted by Crippen LogP contribution is 2.32. The van der Waals surface area contributed by atoms with Crippen LogP contribution >= 0.6 is 0 Å². The number of carbonyl (C=O) groups excluding carboxylic acids is 1. The normalized spacial score (nSPS) is 17.5. The maximum Gasteiger partial charge on any atom is 0.255 e. The summed E-state index contributed by atoms with van der Waals surface area (Å²) in [6.45, 7) is 3.25. The average molecular weight is 297 g/mol. The number of hydrogen-bond donors (Lipinski definition) is 0. The van der Waals surface area contributed by atoms with Crippen molar-refractivity contribution in [2.75, 3.05) is 13.2 Å². The van der Waals surface area contributed by atoms with Crippen LogP contribution in [0.15, 0.2) is 42.9 Å². The van der Waals surface area contributed by atoms with E-state index in [0.29, 0.717) is 18.1 Å². The molecule has 1 aliphatic rings. The van der Waals surface area contributed by atoms with E-state index in [0.717, 1.165) is 24.9 Å². The van der Waals surface area contributed by atoms with Gasteiger partial charge in [-0.3, -0.25) is 9.78 Å². The number of rotatable bonds is 4. The molecule has 2 aromatic heterocycles. The molecule has 5 heteroatoms. The molecule has 1 amide bonds. The molecule has 114 valence electrons. The lowest BCUT2D eigenvalue weighted by molar-refractivity contribution is 0.0735. The van der Waals surface area contributed by atoms with Crippen molar-refractivity contribution in [3.63, 3.8) is 0 Å². The van der Waals surface area contributed by atoms with Gasteiger partial charge in [0, 0.05) is 31.2 Å². The predicted octanol–water partition coefficient (Wildman–Crippen LogP) is 2.85. The number of aromatic nitrogens is 2. The van der Waals surface area contributed by atoms with Gasteiger partial charge in [0.25, 0.3) is 5.91 Å². The molecular weight excluding hydrogens is 278 g/mol. The molecule has 1 unspecified atom stereocenters. The van der Waals surface area contributed by atoms with Crippen molar-refractivity contribution in [2.24, 2.45) is 0 Å². The van der Waals surface area contributed by atoms with Crippen LogP contribution in [0.4, 0.5) is 0 Å². The third-order valence-corrected chi connectivity index (χ3v) is 3.88. The Labute approximate surface area is 130 Å². The molecule has 0 saturated carbocycles. The van der Waals surface area contributed by atoms with Crippen molar-refractivity contribution in [1.82, 2.24) is 14.9 Å². The molecule has 2 aromatic rings. The molecule has 0 aromatic carbocycles. The van der Waals surface area contributed by atoms with Gasteiger partial charge in [0.05, 0.1) is 18.2 Å². The second-order valence-electron chi connectivity index (χ2n) is 5.26. The molecular formula is C17H19N3O2. The zero-order valence-corrected chi connectivity index (χ0v) is 12.6. The number of carbonyl (C=O) groups is 1. The van der Waals surface area contributed by atoms with Gasteiger partial charge >= 0.3 is 0 Å². The van der Waals surface area contributed by atoms with E-state index in [2.05, 4.69) is 9.97 Å². The molecule has 3 heterocycles. The first-order valence-electron chi connectivity index (χ1n) is 7.59. The second-order valence-corrected chi connectivity index (χ2v) is 5.26. The fourth-order valence-corrected chi connectivity index (χ4v) is 2.85. The van der Waals surface area contributed by atoms with Gasteiger partial charge in [0.1, 0.15) is 0 Å². The number of likely N-dealkylation sites (tertiary alicyclic amines) is 1. The Bertz CT molecular complexity index is 628. The predicted molar refractivity (Wildman–Crippen MR) is 82.7 cm³/mol. The van der Waals surface area contributed by atoms with E-state index in [9.17, 15) is 4.79 Å². The Morgan fingerprint density at radius 3 is 2.82 bits per heavy atom. The summed E-state index contributed by atoms with van der Waals surface area (Å²) in [6.07, 6.45) is 7.14. The first kappa shape index (κ1) is 14.5. The van der Waals surface area contributed by atoms with Crippen LogP contribution in [0.2, 0.25) is 0 Å². The molecule has 3 rings (SSSR count). The minimum atomic E-state index is 0.0230. The minimum absolute atomic E-state index is 0.0230. The summed E-state index contributed by atoms with van der Waals surface area (Å²) >= 11 is 0. The summed E-state index contributed by atoms with van der Waals surface area (Å²) in [5.74, 6) is 0.570. The van der Waals surface area contributed by atoms with Gasteiger partial charge in [0.2, 0.25) is 5.88 Å². The summed E-state index contributed by atoms with van der Waals surface area (Å²) in [4.78, 5) is 22.9. The molecule has 0 N–H and O–H groups in total. The Balaban J connectivity index is 1.78. The van der Waals surface area contributed by atoms with Crippen molar-refractivity contribution < 1.29 is 9.53 Å². The first-order chi connectivity index (χ1) is 10.8. The average Bonchev–Trinajstić information content (AvgIpc) is 3.06. The topological polar surface area (TPSA) is 55.3 Å². The number of ether oxygens (including phenoxy) is 1. The maximum absolute atomic E-state index is 12.7. The molecule has 0 bridgehead atoms. The van der Waals surface area contributed by atoms with E-state index >= 15 is 0 Å². The van der Waals surface area contributed by atoms with E-state index in [1.807, 2.05) is 24.0 Å². The number of hydrogen-bond acceptors (Lipinski definition) is 4. The van der Waals surface area contributed by atoms with Gasteiger partial charge in [-0.25, -0.2) is 4.98 Å². The van der Waals surface area contributed by atoms with Crippen LogP contribution in [0, 0.1) is 0 Å². The van der Waals surface area contributed by atoms with Crippen molar-refractivity contribution in [1.29, 1.82) is 0 Å². The van der Waals surface area contributed by atoms with E-state index in [-0.39, 0.29) is 11.9 Å². The third-order valence-electron chi connectivity index (χ3n) is 3.88. The molecule has 0 radical (unpaired) electrons. The SMILES string of the molecule is CCOc1ccc(C(=O)N2CCCC2c2ccncc2)cn1. The zero-order chi connectivity index (χ0) is 15.4. The second kappa shape index (κ2) is 6.56. The molecule has 5 nitrogen and oxygen atoms in total. The van der Waals surface area contributed by atoms with Gasteiger partial charge in [-0.2, -0.15) is 0 Å². The van der Waals surface area contributed by atoms with Crippen LogP contribution < -0.4 is 4.74 Å². The molecule has 0 aliphatic carbocycles. The van der Waals surface area contributed by atoms with Gasteiger partial charge in [-0.15, -0.1) is 0 Å². The summed E-state index contributed by atoms with van der Waals surface area (Å²) in [7, 11) is 0. The first-order valence-corrected chi connectivity index (χ1v) is 7.59. The van der Waals surface area contributed by atoms with Crippen LogP contribution in [0.5, 0.6) is 5.88 Å². The standard InChI is InChI=1S/C17H19N3O2/c1-2-22-16-6-5-14(12-19-16)17(21)20-11-3-4-15(20)13-7-9-18-10-8-13/h5-10,12,15H,2-4,11H2,1H3. The summed E-state index contributed by atoms with van der Waals surface area (Å²) in [6, 6.07) is 7.61. The van der Waals surface area contributed by atoms with Gasteiger partial charge < -0.3 is 9.64 Å². The summed E-state index contributed by atoms with van der Waals surface area (Å²) < 4.78 is 5.31. The van der Waals surface area contributed by atoms with E-state index in [4.69, 9.17) is 4.74 Å². The summed E-state index contributed by atoms with van der Waals surface area (Å²) in [5, 5.41) is 0. The largest absolute Gasteiger partial charge is 0.478 e. The van der Waals surface area contributed by atoms with E-state index < -0.39 is 0 Å². The molecule has 1 atom stereocenters. The number of amides is 1. The molecule has 1 aliphatic heterocycles. The Morgan fingerprint density at radius 1 is 1.32 bits per heavy atom.